The van der Waals surface area contributed by atoms with E-state index in [1.165, 1.54) is 11.3 Å². The third-order valence-corrected chi connectivity index (χ3v) is 3.86. The lowest BCUT2D eigenvalue weighted by atomic mass is 10.3. The number of pyridine rings is 1. The molecule has 1 N–H and O–H groups in total. The van der Waals surface area contributed by atoms with Crippen molar-refractivity contribution < 1.29 is 4.79 Å². The number of rotatable bonds is 2. The van der Waals surface area contributed by atoms with Crippen LogP contribution in [0, 0.1) is 6.92 Å². The molecule has 1 amide bonds. The third-order valence-electron chi connectivity index (χ3n) is 2.68. The van der Waals surface area contributed by atoms with Crippen molar-refractivity contribution >= 4 is 51.2 Å². The Balaban J connectivity index is 2.11. The second-order valence-electron chi connectivity index (χ2n) is 4.04. The Morgan fingerprint density at radius 1 is 1.45 bits per heavy atom. The highest BCUT2D eigenvalue weighted by atomic mass is 35.5. The molecule has 8 heteroatoms. The van der Waals surface area contributed by atoms with Crippen LogP contribution in [-0.2, 0) is 0 Å². The fraction of sp³-hybridized carbons (Fsp3) is 0.0833. The average Bonchev–Trinajstić information content (AvgIpc) is 2.96. The SMILES string of the molecule is Cc1nc2c(Cl)cc(Cl)cn2c1C(=O)Nc1nccs1. The molecule has 3 rings (SSSR count). The van der Waals surface area contributed by atoms with E-state index in [4.69, 9.17) is 23.2 Å². The molecule has 0 unspecified atom stereocenters. The van der Waals surface area contributed by atoms with Gasteiger partial charge in [-0.25, -0.2) is 9.97 Å². The smallest absolute Gasteiger partial charge is 0.276 e. The third kappa shape index (κ3) is 2.26. The summed E-state index contributed by atoms with van der Waals surface area (Å²) in [5.41, 5.74) is 1.46. The number of thiazole rings is 1. The van der Waals surface area contributed by atoms with Gasteiger partial charge in [0, 0.05) is 17.8 Å². The zero-order valence-corrected chi connectivity index (χ0v) is 12.6. The van der Waals surface area contributed by atoms with Gasteiger partial charge in [-0.15, -0.1) is 11.3 Å². The van der Waals surface area contributed by atoms with Gasteiger partial charge in [0.05, 0.1) is 15.7 Å². The van der Waals surface area contributed by atoms with Crippen LogP contribution in [0.5, 0.6) is 0 Å². The fourth-order valence-corrected chi connectivity index (χ4v) is 2.94. The molecule has 0 fully saturated rings. The molecule has 0 aliphatic carbocycles. The summed E-state index contributed by atoms with van der Waals surface area (Å²) in [6.07, 6.45) is 3.23. The maximum atomic E-state index is 12.3. The van der Waals surface area contributed by atoms with Crippen molar-refractivity contribution in [3.05, 3.63) is 45.3 Å². The van der Waals surface area contributed by atoms with Gasteiger partial charge in [-0.05, 0) is 13.0 Å². The number of hydrogen-bond donors (Lipinski definition) is 1. The molecule has 0 bridgehead atoms. The summed E-state index contributed by atoms with van der Waals surface area (Å²) >= 11 is 13.4. The topological polar surface area (TPSA) is 59.3 Å². The Morgan fingerprint density at radius 3 is 2.95 bits per heavy atom. The number of aromatic nitrogens is 3. The first kappa shape index (κ1) is 13.4. The van der Waals surface area contributed by atoms with Crippen LogP contribution in [0.4, 0.5) is 5.13 Å². The van der Waals surface area contributed by atoms with E-state index in [9.17, 15) is 4.79 Å². The van der Waals surface area contributed by atoms with Crippen LogP contribution >= 0.6 is 34.5 Å². The van der Waals surface area contributed by atoms with Gasteiger partial charge in [0.2, 0.25) is 0 Å². The molecule has 3 heterocycles. The van der Waals surface area contributed by atoms with Crippen molar-refractivity contribution in [3.63, 3.8) is 0 Å². The van der Waals surface area contributed by atoms with Crippen molar-refractivity contribution in [3.8, 4) is 0 Å². The van der Waals surface area contributed by atoms with Crippen molar-refractivity contribution in [2.24, 2.45) is 0 Å². The van der Waals surface area contributed by atoms with Crippen molar-refractivity contribution in [1.29, 1.82) is 0 Å². The largest absolute Gasteiger partial charge is 0.296 e. The Labute approximate surface area is 128 Å². The Kier molecular flexibility index (Phi) is 3.37. The van der Waals surface area contributed by atoms with Gasteiger partial charge in [0.1, 0.15) is 5.69 Å². The van der Waals surface area contributed by atoms with E-state index in [1.807, 2.05) is 0 Å². The highest BCUT2D eigenvalue weighted by molar-refractivity contribution is 7.13. The minimum atomic E-state index is -0.303. The lowest BCUT2D eigenvalue weighted by molar-refractivity contribution is 0.102. The first-order valence-electron chi connectivity index (χ1n) is 5.61. The second-order valence-corrected chi connectivity index (χ2v) is 5.78. The molecule has 0 atom stereocenters. The molecule has 0 aromatic carbocycles. The monoisotopic (exact) mass is 326 g/mol. The summed E-state index contributed by atoms with van der Waals surface area (Å²) in [5.74, 6) is -0.303. The minimum absolute atomic E-state index is 0.303. The van der Waals surface area contributed by atoms with Crippen LogP contribution in [-0.4, -0.2) is 20.3 Å². The second kappa shape index (κ2) is 5.05. The van der Waals surface area contributed by atoms with Gasteiger partial charge in [0.25, 0.3) is 5.91 Å². The van der Waals surface area contributed by atoms with E-state index in [2.05, 4.69) is 15.3 Å². The van der Waals surface area contributed by atoms with E-state index in [0.29, 0.717) is 32.2 Å². The summed E-state index contributed by atoms with van der Waals surface area (Å²) in [6, 6.07) is 1.59. The predicted octanol–water partition coefficient (Wildman–Crippen LogP) is 3.66. The summed E-state index contributed by atoms with van der Waals surface area (Å²) in [4.78, 5) is 20.7. The van der Waals surface area contributed by atoms with Gasteiger partial charge < -0.3 is 0 Å². The first-order valence-corrected chi connectivity index (χ1v) is 7.24. The molecule has 0 saturated carbocycles. The van der Waals surface area contributed by atoms with Crippen molar-refractivity contribution in [1.82, 2.24) is 14.4 Å². The fourth-order valence-electron chi connectivity index (χ4n) is 1.90. The number of amides is 1. The lowest BCUT2D eigenvalue weighted by Gasteiger charge is -2.04. The number of nitrogens with one attached hydrogen (secondary N) is 1. The molecule has 3 aromatic heterocycles. The maximum Gasteiger partial charge on any atom is 0.276 e. The van der Waals surface area contributed by atoms with Gasteiger partial charge in [0.15, 0.2) is 10.8 Å². The summed E-state index contributed by atoms with van der Waals surface area (Å²) in [6.45, 7) is 1.74. The number of anilines is 1. The number of nitrogens with zero attached hydrogens (tertiary/aromatic N) is 3. The zero-order valence-electron chi connectivity index (χ0n) is 10.2. The highest BCUT2D eigenvalue weighted by Gasteiger charge is 2.19. The molecule has 0 aliphatic heterocycles. The summed E-state index contributed by atoms with van der Waals surface area (Å²) < 4.78 is 1.59. The molecular weight excluding hydrogens is 319 g/mol. The number of carbonyl (C=O) groups excluding carboxylic acids is 1. The predicted molar refractivity (Wildman–Crippen MR) is 80.0 cm³/mol. The van der Waals surface area contributed by atoms with Gasteiger partial charge in [-0.1, -0.05) is 23.2 Å². The van der Waals surface area contributed by atoms with E-state index in [-0.39, 0.29) is 5.91 Å². The Bertz CT molecular complexity index is 798. The number of hydrogen-bond acceptors (Lipinski definition) is 4. The van der Waals surface area contributed by atoms with Crippen LogP contribution in [0.1, 0.15) is 16.2 Å². The molecular formula is C12H8Cl2N4OS. The minimum Gasteiger partial charge on any atom is -0.296 e. The maximum absolute atomic E-state index is 12.3. The van der Waals surface area contributed by atoms with Gasteiger partial charge >= 0.3 is 0 Å². The average molecular weight is 327 g/mol. The molecule has 0 spiro atoms. The van der Waals surface area contributed by atoms with Crippen LogP contribution in [0.25, 0.3) is 5.65 Å². The number of imidazole rings is 1. The van der Waals surface area contributed by atoms with E-state index in [0.717, 1.165) is 0 Å². The van der Waals surface area contributed by atoms with E-state index < -0.39 is 0 Å². The first-order chi connectivity index (χ1) is 9.56. The highest BCUT2D eigenvalue weighted by Crippen LogP contribution is 2.25. The van der Waals surface area contributed by atoms with Crippen molar-refractivity contribution in [2.75, 3.05) is 5.32 Å². The number of carbonyl (C=O) groups is 1. The summed E-state index contributed by atoms with van der Waals surface area (Å²) in [7, 11) is 0. The number of fused-ring (bicyclic) bond motifs is 1. The quantitative estimate of drug-likeness (QED) is 0.781. The van der Waals surface area contributed by atoms with E-state index >= 15 is 0 Å². The van der Waals surface area contributed by atoms with Crippen molar-refractivity contribution in [2.45, 2.75) is 6.92 Å². The molecule has 0 saturated heterocycles. The van der Waals surface area contributed by atoms with Gasteiger partial charge in [-0.2, -0.15) is 0 Å². The zero-order chi connectivity index (χ0) is 14.3. The molecule has 0 radical (unpaired) electrons. The van der Waals surface area contributed by atoms with E-state index in [1.54, 1.807) is 35.2 Å². The lowest BCUT2D eigenvalue weighted by Crippen LogP contribution is -2.15. The number of aryl methyl sites for hydroxylation is 1. The van der Waals surface area contributed by atoms with Crippen LogP contribution in [0.3, 0.4) is 0 Å². The van der Waals surface area contributed by atoms with Crippen LogP contribution in [0.2, 0.25) is 10.0 Å². The Morgan fingerprint density at radius 2 is 2.25 bits per heavy atom. The van der Waals surface area contributed by atoms with Crippen LogP contribution < -0.4 is 5.32 Å². The molecule has 20 heavy (non-hydrogen) atoms. The number of halogens is 2. The molecule has 102 valence electrons. The summed E-state index contributed by atoms with van der Waals surface area (Å²) in [5, 5.41) is 5.86. The van der Waals surface area contributed by atoms with Crippen LogP contribution in [0.15, 0.2) is 23.8 Å². The van der Waals surface area contributed by atoms with Gasteiger partial charge in [-0.3, -0.25) is 14.5 Å². The molecule has 3 aromatic rings. The normalized spacial score (nSPS) is 10.9. The Hall–Kier alpha value is -1.63. The standard InChI is InChI=1S/C12H8Cl2N4OS/c1-6-9(11(19)17-12-15-2-3-20-12)18-5-7(13)4-8(14)10(18)16-6/h2-5H,1H3,(H,15,17,19). The molecule has 0 aliphatic rings. The molecule has 5 nitrogen and oxygen atoms in total.